The Labute approximate surface area is 126 Å². The fourth-order valence-corrected chi connectivity index (χ4v) is 3.21. The van der Waals surface area contributed by atoms with Crippen molar-refractivity contribution in [2.45, 2.75) is 51.1 Å². The zero-order valence-electron chi connectivity index (χ0n) is 13.0. The second-order valence-corrected chi connectivity index (χ2v) is 6.01. The van der Waals surface area contributed by atoms with E-state index in [0.717, 1.165) is 19.5 Å². The van der Waals surface area contributed by atoms with Crippen molar-refractivity contribution in [3.63, 3.8) is 0 Å². The number of hydrogen-bond donors (Lipinski definition) is 1. The van der Waals surface area contributed by atoms with Gasteiger partial charge in [-0.15, -0.1) is 0 Å². The second kappa shape index (κ2) is 7.85. The molecule has 0 aromatic heterocycles. The number of nitrogens with zero attached hydrogens (tertiary/aromatic N) is 1. The van der Waals surface area contributed by atoms with Gasteiger partial charge in [-0.2, -0.15) is 0 Å². The zero-order valence-corrected chi connectivity index (χ0v) is 13.0. The smallest absolute Gasteiger partial charge is 0.163 e. The summed E-state index contributed by atoms with van der Waals surface area (Å²) in [5, 5.41) is 3.12. The predicted octanol–water partition coefficient (Wildman–Crippen LogP) is 3.88. The molecule has 118 valence electrons. The van der Waals surface area contributed by atoms with Gasteiger partial charge in [0.05, 0.1) is 0 Å². The molecule has 1 N–H and O–H groups in total. The van der Waals surface area contributed by atoms with Gasteiger partial charge >= 0.3 is 0 Å². The Balaban J connectivity index is 2.00. The molecule has 1 fully saturated rings. The van der Waals surface area contributed by atoms with Crippen LogP contribution in [-0.2, 0) is 0 Å². The van der Waals surface area contributed by atoms with Crippen LogP contribution in [0.25, 0.3) is 0 Å². The number of likely N-dealkylation sites (tertiary alicyclic amines) is 1. The van der Waals surface area contributed by atoms with E-state index in [4.69, 9.17) is 0 Å². The van der Waals surface area contributed by atoms with E-state index in [0.29, 0.717) is 11.6 Å². The van der Waals surface area contributed by atoms with Gasteiger partial charge in [-0.1, -0.05) is 25.0 Å². The molecule has 1 aromatic rings. The predicted molar refractivity (Wildman–Crippen MR) is 82.3 cm³/mol. The highest BCUT2D eigenvalue weighted by Gasteiger charge is 2.21. The third-order valence-corrected chi connectivity index (χ3v) is 4.60. The first-order chi connectivity index (χ1) is 10.1. The van der Waals surface area contributed by atoms with Crippen molar-refractivity contribution in [1.29, 1.82) is 0 Å². The van der Waals surface area contributed by atoms with Gasteiger partial charge in [0.25, 0.3) is 0 Å². The van der Waals surface area contributed by atoms with Crippen LogP contribution in [0.4, 0.5) is 8.78 Å². The van der Waals surface area contributed by atoms with Crippen molar-refractivity contribution in [1.82, 2.24) is 10.2 Å². The van der Waals surface area contributed by atoms with E-state index in [1.807, 2.05) is 0 Å². The Morgan fingerprint density at radius 3 is 2.86 bits per heavy atom. The standard InChI is InChI=1S/C17H26F2N2/c1-13-7-4-3-5-11-21(13)12-10-16(20-2)14-8-6-9-15(18)17(14)19/h6,8-9,13,16,20H,3-5,7,10-12H2,1-2H3. The summed E-state index contributed by atoms with van der Waals surface area (Å²) in [7, 11) is 1.81. The van der Waals surface area contributed by atoms with E-state index in [2.05, 4.69) is 17.1 Å². The maximum absolute atomic E-state index is 13.9. The SMILES string of the molecule is CNC(CCN1CCCCCC1C)c1cccc(F)c1F. The summed E-state index contributed by atoms with van der Waals surface area (Å²) in [6.07, 6.45) is 5.86. The maximum Gasteiger partial charge on any atom is 0.163 e. The lowest BCUT2D eigenvalue weighted by atomic mass is 10.0. The molecule has 2 rings (SSSR count). The average molecular weight is 296 g/mol. The molecular formula is C17H26F2N2. The summed E-state index contributed by atoms with van der Waals surface area (Å²) >= 11 is 0. The lowest BCUT2D eigenvalue weighted by Gasteiger charge is -2.29. The molecule has 2 atom stereocenters. The minimum Gasteiger partial charge on any atom is -0.313 e. The molecule has 4 heteroatoms. The maximum atomic E-state index is 13.9. The van der Waals surface area contributed by atoms with Crippen LogP contribution in [0.1, 0.15) is 50.6 Å². The molecule has 1 aliphatic rings. The van der Waals surface area contributed by atoms with Gasteiger partial charge < -0.3 is 10.2 Å². The molecule has 0 radical (unpaired) electrons. The Kier molecular flexibility index (Phi) is 6.12. The molecule has 1 heterocycles. The van der Waals surface area contributed by atoms with Crippen LogP contribution in [0.3, 0.4) is 0 Å². The van der Waals surface area contributed by atoms with E-state index in [1.165, 1.54) is 31.7 Å². The number of halogens is 2. The first-order valence-corrected chi connectivity index (χ1v) is 7.98. The van der Waals surface area contributed by atoms with Crippen LogP contribution in [0.2, 0.25) is 0 Å². The van der Waals surface area contributed by atoms with E-state index >= 15 is 0 Å². The number of hydrogen-bond acceptors (Lipinski definition) is 2. The summed E-state index contributed by atoms with van der Waals surface area (Å²) in [6, 6.07) is 4.86. The molecule has 0 amide bonds. The zero-order chi connectivity index (χ0) is 15.2. The van der Waals surface area contributed by atoms with Gasteiger partial charge in [-0.05, 0) is 45.8 Å². The molecule has 0 saturated carbocycles. The molecule has 0 aliphatic carbocycles. The number of rotatable bonds is 5. The van der Waals surface area contributed by atoms with E-state index in [-0.39, 0.29) is 6.04 Å². The number of nitrogens with one attached hydrogen (secondary N) is 1. The molecule has 1 saturated heterocycles. The molecule has 1 aliphatic heterocycles. The highest BCUT2D eigenvalue weighted by molar-refractivity contribution is 5.22. The lowest BCUT2D eigenvalue weighted by molar-refractivity contribution is 0.202. The van der Waals surface area contributed by atoms with Crippen molar-refractivity contribution < 1.29 is 8.78 Å². The van der Waals surface area contributed by atoms with E-state index < -0.39 is 11.6 Å². The summed E-state index contributed by atoms with van der Waals surface area (Å²) in [5.74, 6) is -1.49. The largest absolute Gasteiger partial charge is 0.313 e. The second-order valence-electron chi connectivity index (χ2n) is 6.01. The summed E-state index contributed by atoms with van der Waals surface area (Å²) in [5.41, 5.74) is 0.431. The fourth-order valence-electron chi connectivity index (χ4n) is 3.21. The van der Waals surface area contributed by atoms with Crippen molar-refractivity contribution in [2.75, 3.05) is 20.1 Å². The topological polar surface area (TPSA) is 15.3 Å². The summed E-state index contributed by atoms with van der Waals surface area (Å²) in [4.78, 5) is 2.48. The molecule has 0 spiro atoms. The van der Waals surface area contributed by atoms with Crippen LogP contribution < -0.4 is 5.32 Å². The van der Waals surface area contributed by atoms with Crippen LogP contribution >= 0.6 is 0 Å². The van der Waals surface area contributed by atoms with Crippen LogP contribution in [0, 0.1) is 11.6 Å². The van der Waals surface area contributed by atoms with Crippen LogP contribution in [-0.4, -0.2) is 31.1 Å². The first-order valence-electron chi connectivity index (χ1n) is 7.98. The summed E-state index contributed by atoms with van der Waals surface area (Å²) in [6.45, 7) is 4.30. The average Bonchev–Trinajstić information content (AvgIpc) is 2.68. The van der Waals surface area contributed by atoms with Crippen LogP contribution in [0.5, 0.6) is 0 Å². The quantitative estimate of drug-likeness (QED) is 0.887. The monoisotopic (exact) mass is 296 g/mol. The Hall–Kier alpha value is -1.00. The molecule has 2 unspecified atom stereocenters. The highest BCUT2D eigenvalue weighted by Crippen LogP contribution is 2.24. The molecule has 1 aromatic carbocycles. The Morgan fingerprint density at radius 2 is 2.10 bits per heavy atom. The van der Waals surface area contributed by atoms with Crippen molar-refractivity contribution in [3.05, 3.63) is 35.4 Å². The lowest BCUT2D eigenvalue weighted by Crippen LogP contribution is -2.35. The fraction of sp³-hybridized carbons (Fsp3) is 0.647. The molecular weight excluding hydrogens is 270 g/mol. The van der Waals surface area contributed by atoms with Gasteiger partial charge in [0, 0.05) is 24.2 Å². The van der Waals surface area contributed by atoms with Gasteiger partial charge in [0.1, 0.15) is 0 Å². The van der Waals surface area contributed by atoms with Crippen molar-refractivity contribution >= 4 is 0 Å². The van der Waals surface area contributed by atoms with Crippen molar-refractivity contribution in [3.8, 4) is 0 Å². The first kappa shape index (κ1) is 16.4. The minimum atomic E-state index is -0.768. The van der Waals surface area contributed by atoms with E-state index in [1.54, 1.807) is 19.2 Å². The molecule has 2 nitrogen and oxygen atoms in total. The third kappa shape index (κ3) is 4.24. The third-order valence-electron chi connectivity index (χ3n) is 4.60. The van der Waals surface area contributed by atoms with Gasteiger partial charge in [0.2, 0.25) is 0 Å². The van der Waals surface area contributed by atoms with Crippen molar-refractivity contribution in [2.24, 2.45) is 0 Å². The molecule has 21 heavy (non-hydrogen) atoms. The Morgan fingerprint density at radius 1 is 1.29 bits per heavy atom. The van der Waals surface area contributed by atoms with Crippen LogP contribution in [0.15, 0.2) is 18.2 Å². The number of benzene rings is 1. The molecule has 0 bridgehead atoms. The highest BCUT2D eigenvalue weighted by atomic mass is 19.2. The van der Waals surface area contributed by atoms with Gasteiger partial charge in [-0.3, -0.25) is 0 Å². The minimum absolute atomic E-state index is 0.142. The van der Waals surface area contributed by atoms with E-state index in [9.17, 15) is 8.78 Å². The Bertz CT molecular complexity index is 450. The van der Waals surface area contributed by atoms with Gasteiger partial charge in [-0.25, -0.2) is 8.78 Å². The van der Waals surface area contributed by atoms with Gasteiger partial charge in [0.15, 0.2) is 11.6 Å². The normalized spacial score (nSPS) is 22.0. The summed E-state index contributed by atoms with van der Waals surface area (Å²) < 4.78 is 27.3.